The number of aliphatic hydroxyl groups excluding tert-OH is 1. The van der Waals surface area contributed by atoms with Gasteiger partial charge in [0.2, 0.25) is 0 Å². The third-order valence-electron chi connectivity index (χ3n) is 3.16. The van der Waals surface area contributed by atoms with Gasteiger partial charge >= 0.3 is 7.55 Å². The van der Waals surface area contributed by atoms with Crippen molar-refractivity contribution in [1.82, 2.24) is 9.97 Å². The Morgan fingerprint density at radius 3 is 1.80 bits per heavy atom. The van der Waals surface area contributed by atoms with Gasteiger partial charge in [0, 0.05) is 51.7 Å². The number of ketones is 1. The molecule has 25 heavy (non-hydrogen) atoms. The molecule has 2 aromatic heterocycles. The van der Waals surface area contributed by atoms with Crippen molar-refractivity contribution < 1.29 is 30.0 Å². The molecule has 2 aromatic rings. The monoisotopic (exact) mass is 516 g/mol. The maximum absolute atomic E-state index is 10.0. The van der Waals surface area contributed by atoms with Gasteiger partial charge in [-0.3, -0.25) is 4.79 Å². The smallest absolute Gasteiger partial charge is 0.394 e. The number of anilines is 2. The van der Waals surface area contributed by atoms with Gasteiger partial charge in [0.1, 0.15) is 11.6 Å². The summed E-state index contributed by atoms with van der Waals surface area (Å²) in [5, 5.41) is 8.36. The summed E-state index contributed by atoms with van der Waals surface area (Å²) in [5.74, 6) is 1.89. The third-order valence-corrected chi connectivity index (χ3v) is 3.16. The molecular formula is C17H20BIrN4O2. The first-order valence-electron chi connectivity index (χ1n) is 7.64. The maximum Gasteiger partial charge on any atom is 0.394 e. The van der Waals surface area contributed by atoms with Gasteiger partial charge in [0.05, 0.1) is 5.76 Å². The number of carbonyl (C=O) groups is 1. The SMILES string of the molecule is CC(=O)C=C(C)O.[B]1N(c2ccccn2)CCN1c1ccccn1.[Ir]. The quantitative estimate of drug-likeness (QED) is 0.385. The molecule has 0 aliphatic carbocycles. The predicted octanol–water partition coefficient (Wildman–Crippen LogP) is 2.37. The number of nitrogens with zero attached hydrogens (tertiary/aromatic N) is 4. The Balaban J connectivity index is 0.000000339. The molecule has 0 unspecified atom stereocenters. The van der Waals surface area contributed by atoms with Crippen LogP contribution in [0.1, 0.15) is 13.8 Å². The zero-order chi connectivity index (χ0) is 17.4. The van der Waals surface area contributed by atoms with Crippen LogP contribution in [0.5, 0.6) is 0 Å². The van der Waals surface area contributed by atoms with Crippen LogP contribution in [-0.2, 0) is 24.9 Å². The molecule has 0 amide bonds. The fourth-order valence-corrected chi connectivity index (χ4v) is 2.19. The average molecular weight is 515 g/mol. The first-order chi connectivity index (χ1) is 11.6. The summed E-state index contributed by atoms with van der Waals surface area (Å²) >= 11 is 0. The van der Waals surface area contributed by atoms with Gasteiger partial charge in [-0.1, -0.05) is 12.1 Å². The number of hydrogen-bond acceptors (Lipinski definition) is 6. The van der Waals surface area contributed by atoms with Gasteiger partial charge in [0.15, 0.2) is 5.78 Å². The molecule has 0 aromatic carbocycles. The molecule has 3 rings (SSSR count). The van der Waals surface area contributed by atoms with Crippen LogP contribution in [0.4, 0.5) is 11.6 Å². The summed E-state index contributed by atoms with van der Waals surface area (Å²) in [5.41, 5.74) is 0. The van der Waals surface area contributed by atoms with Crippen LogP contribution in [0.15, 0.2) is 60.6 Å². The molecular weight excluding hydrogens is 495 g/mol. The number of hydrogen-bond donors (Lipinski definition) is 1. The van der Waals surface area contributed by atoms with Crippen LogP contribution in [0, 0.1) is 0 Å². The van der Waals surface area contributed by atoms with Crippen molar-refractivity contribution in [2.45, 2.75) is 13.8 Å². The van der Waals surface area contributed by atoms with Crippen molar-refractivity contribution in [3.63, 3.8) is 0 Å². The molecule has 132 valence electrons. The van der Waals surface area contributed by atoms with E-state index in [1.807, 2.05) is 48.8 Å². The van der Waals surface area contributed by atoms with E-state index in [-0.39, 0.29) is 31.6 Å². The van der Waals surface area contributed by atoms with Crippen LogP contribution >= 0.6 is 0 Å². The van der Waals surface area contributed by atoms with Crippen molar-refractivity contribution in [1.29, 1.82) is 0 Å². The predicted molar refractivity (Wildman–Crippen MR) is 96.0 cm³/mol. The molecule has 1 aliphatic heterocycles. The Morgan fingerprint density at radius 1 is 1.04 bits per heavy atom. The zero-order valence-electron chi connectivity index (χ0n) is 14.2. The van der Waals surface area contributed by atoms with Gasteiger partial charge in [-0.25, -0.2) is 9.97 Å². The van der Waals surface area contributed by atoms with E-state index < -0.39 is 0 Å². The Bertz CT molecular complexity index is 636. The third kappa shape index (κ3) is 7.07. The second-order valence-electron chi connectivity index (χ2n) is 5.27. The molecule has 0 bridgehead atoms. The standard InChI is InChI=1S/C12H12BN4.C5H8O2.Ir/c1-3-7-14-11(5-1)16-9-10-17(13-16)12-6-2-4-8-15-12;1-4(6)3-5(2)7;/h1-8H,9-10H2;3,6H,1-2H3;. The van der Waals surface area contributed by atoms with Gasteiger partial charge in [0.25, 0.3) is 0 Å². The molecule has 1 N–H and O–H groups in total. The van der Waals surface area contributed by atoms with E-state index in [1.54, 1.807) is 0 Å². The van der Waals surface area contributed by atoms with Crippen molar-refractivity contribution >= 4 is 25.0 Å². The summed E-state index contributed by atoms with van der Waals surface area (Å²) < 4.78 is 0. The molecule has 0 spiro atoms. The van der Waals surface area contributed by atoms with Crippen molar-refractivity contribution in [2.75, 3.05) is 22.7 Å². The molecule has 8 heteroatoms. The summed E-state index contributed by atoms with van der Waals surface area (Å²) in [6, 6.07) is 11.9. The summed E-state index contributed by atoms with van der Waals surface area (Å²) in [6.45, 7) is 4.72. The number of rotatable bonds is 3. The Hall–Kier alpha value is -2.18. The molecule has 1 aliphatic rings. The summed E-state index contributed by atoms with van der Waals surface area (Å²) in [6.07, 6.45) is 4.79. The molecule has 3 heterocycles. The fourth-order valence-electron chi connectivity index (χ4n) is 2.19. The van der Waals surface area contributed by atoms with E-state index >= 15 is 0 Å². The second-order valence-corrected chi connectivity index (χ2v) is 5.27. The first kappa shape index (κ1) is 20.9. The van der Waals surface area contributed by atoms with Crippen LogP contribution < -0.4 is 9.62 Å². The molecule has 6 nitrogen and oxygen atoms in total. The number of aliphatic hydroxyl groups is 1. The van der Waals surface area contributed by atoms with Crippen LogP contribution in [-0.4, -0.2) is 41.5 Å². The molecule has 0 atom stereocenters. The Morgan fingerprint density at radius 2 is 1.52 bits per heavy atom. The second kappa shape index (κ2) is 10.6. The number of aromatic nitrogens is 2. The normalized spacial score (nSPS) is 13.3. The van der Waals surface area contributed by atoms with Crippen molar-refractivity contribution in [2.24, 2.45) is 0 Å². The van der Waals surface area contributed by atoms with Crippen LogP contribution in [0.25, 0.3) is 0 Å². The Kier molecular flexibility index (Phi) is 8.88. The molecule has 2 radical (unpaired) electrons. The van der Waals surface area contributed by atoms with E-state index in [0.29, 0.717) is 0 Å². The topological polar surface area (TPSA) is 69.6 Å². The number of pyridine rings is 2. The molecule has 1 saturated heterocycles. The van der Waals surface area contributed by atoms with Gasteiger partial charge in [-0.05, 0) is 38.1 Å². The van der Waals surface area contributed by atoms with Gasteiger partial charge in [-0.2, -0.15) is 0 Å². The van der Waals surface area contributed by atoms with Crippen LogP contribution in [0.3, 0.4) is 0 Å². The minimum absolute atomic E-state index is 0. The summed E-state index contributed by atoms with van der Waals surface area (Å²) in [7, 11) is 2.06. The Labute approximate surface area is 162 Å². The van der Waals surface area contributed by atoms with Crippen molar-refractivity contribution in [3.8, 4) is 0 Å². The summed E-state index contributed by atoms with van der Waals surface area (Å²) in [4.78, 5) is 23.0. The van der Waals surface area contributed by atoms with E-state index in [9.17, 15) is 4.79 Å². The molecule has 0 saturated carbocycles. The largest absolute Gasteiger partial charge is 0.512 e. The first-order valence-corrected chi connectivity index (χ1v) is 7.64. The van der Waals surface area contributed by atoms with E-state index in [0.717, 1.165) is 24.7 Å². The van der Waals surface area contributed by atoms with Gasteiger partial charge in [-0.15, -0.1) is 0 Å². The minimum atomic E-state index is -0.125. The van der Waals surface area contributed by atoms with E-state index in [2.05, 4.69) is 27.1 Å². The minimum Gasteiger partial charge on any atom is -0.512 e. The van der Waals surface area contributed by atoms with Crippen LogP contribution in [0.2, 0.25) is 0 Å². The fraction of sp³-hybridized carbons (Fsp3) is 0.235. The van der Waals surface area contributed by atoms with E-state index in [1.165, 1.54) is 19.9 Å². The van der Waals surface area contributed by atoms with Crippen molar-refractivity contribution in [3.05, 3.63) is 60.6 Å². The van der Waals surface area contributed by atoms with Gasteiger partial charge < -0.3 is 14.7 Å². The average Bonchev–Trinajstić information content (AvgIpc) is 3.06. The number of allylic oxidation sites excluding steroid dienone is 2. The maximum atomic E-state index is 10.0. The zero-order valence-corrected chi connectivity index (χ0v) is 16.6. The van der Waals surface area contributed by atoms with E-state index in [4.69, 9.17) is 5.11 Å². The number of carbonyl (C=O) groups excluding carboxylic acids is 1. The molecule has 1 fully saturated rings.